The summed E-state index contributed by atoms with van der Waals surface area (Å²) in [6.07, 6.45) is 1.33. The van der Waals surface area contributed by atoms with E-state index in [9.17, 15) is 20.2 Å². The summed E-state index contributed by atoms with van der Waals surface area (Å²) in [5.41, 5.74) is 0.301. The highest BCUT2D eigenvalue weighted by Crippen LogP contribution is 2.33. The summed E-state index contributed by atoms with van der Waals surface area (Å²) in [7, 11) is 0. The fourth-order valence-corrected chi connectivity index (χ4v) is 2.61. The Morgan fingerprint density at radius 2 is 1.52 bits per heavy atom. The van der Waals surface area contributed by atoms with Crippen LogP contribution in [0.2, 0.25) is 10.0 Å². The SMILES string of the molecule is O=[N+]([O-])c1ccc(Cl)c(N=Cc2ccc(-c3cc([N+](=O)[O-])ccc3Cl)o2)c1. The van der Waals surface area contributed by atoms with Crippen LogP contribution in [0.3, 0.4) is 0 Å². The van der Waals surface area contributed by atoms with E-state index in [-0.39, 0.29) is 22.1 Å². The number of nitro benzene ring substituents is 2. The lowest BCUT2D eigenvalue weighted by Gasteiger charge is -2.00. The molecule has 2 aromatic carbocycles. The topological polar surface area (TPSA) is 112 Å². The van der Waals surface area contributed by atoms with E-state index in [4.69, 9.17) is 27.6 Å². The number of nitrogens with zero attached hydrogens (tertiary/aromatic N) is 3. The Morgan fingerprint density at radius 3 is 2.19 bits per heavy atom. The van der Waals surface area contributed by atoms with E-state index in [0.29, 0.717) is 22.1 Å². The molecule has 8 nitrogen and oxygen atoms in total. The third-order valence-electron chi connectivity index (χ3n) is 3.52. The van der Waals surface area contributed by atoms with Crippen LogP contribution in [0.25, 0.3) is 11.3 Å². The van der Waals surface area contributed by atoms with Gasteiger partial charge in [0.2, 0.25) is 0 Å². The molecular formula is C17H9Cl2N3O5. The van der Waals surface area contributed by atoms with Gasteiger partial charge in [0, 0.05) is 29.8 Å². The quantitative estimate of drug-likeness (QED) is 0.301. The molecule has 3 rings (SSSR count). The van der Waals surface area contributed by atoms with E-state index in [2.05, 4.69) is 4.99 Å². The summed E-state index contributed by atoms with van der Waals surface area (Å²) >= 11 is 12.1. The number of nitro groups is 2. The van der Waals surface area contributed by atoms with Crippen molar-refractivity contribution in [3.63, 3.8) is 0 Å². The van der Waals surface area contributed by atoms with Crippen molar-refractivity contribution in [3.8, 4) is 11.3 Å². The summed E-state index contributed by atoms with van der Waals surface area (Å²) < 4.78 is 5.59. The average molecular weight is 406 g/mol. The first kappa shape index (κ1) is 18.6. The molecule has 0 bridgehead atoms. The molecule has 0 amide bonds. The molecule has 10 heteroatoms. The number of non-ortho nitro benzene ring substituents is 2. The molecule has 0 saturated heterocycles. The molecule has 1 heterocycles. The minimum atomic E-state index is -0.551. The van der Waals surface area contributed by atoms with Crippen LogP contribution in [0.4, 0.5) is 17.1 Å². The number of aliphatic imine (C=N–C) groups is 1. The Hall–Kier alpha value is -3.23. The molecule has 0 atom stereocenters. The zero-order chi connectivity index (χ0) is 19.6. The number of hydrogen-bond donors (Lipinski definition) is 0. The minimum Gasteiger partial charge on any atom is -0.455 e. The molecule has 0 fully saturated rings. The number of halogens is 2. The molecule has 0 N–H and O–H groups in total. The van der Waals surface area contributed by atoms with E-state index in [1.54, 1.807) is 12.1 Å². The maximum Gasteiger partial charge on any atom is 0.271 e. The van der Waals surface area contributed by atoms with Crippen LogP contribution in [0, 0.1) is 20.2 Å². The van der Waals surface area contributed by atoms with Gasteiger partial charge in [0.15, 0.2) is 0 Å². The van der Waals surface area contributed by atoms with E-state index in [0.717, 1.165) is 0 Å². The maximum absolute atomic E-state index is 10.9. The minimum absolute atomic E-state index is 0.121. The fraction of sp³-hybridized carbons (Fsp3) is 0. The van der Waals surface area contributed by atoms with Gasteiger partial charge < -0.3 is 4.42 Å². The van der Waals surface area contributed by atoms with Gasteiger partial charge in [-0.3, -0.25) is 25.2 Å². The van der Waals surface area contributed by atoms with Gasteiger partial charge in [0.05, 0.1) is 31.8 Å². The lowest BCUT2D eigenvalue weighted by molar-refractivity contribution is -0.385. The number of hydrogen-bond acceptors (Lipinski definition) is 6. The van der Waals surface area contributed by atoms with Gasteiger partial charge >= 0.3 is 0 Å². The second-order valence-electron chi connectivity index (χ2n) is 5.27. The van der Waals surface area contributed by atoms with E-state index in [1.165, 1.54) is 42.6 Å². The zero-order valence-corrected chi connectivity index (χ0v) is 14.8. The van der Waals surface area contributed by atoms with Crippen LogP contribution in [-0.2, 0) is 0 Å². The second kappa shape index (κ2) is 7.56. The first-order chi connectivity index (χ1) is 12.8. The van der Waals surface area contributed by atoms with Crippen molar-refractivity contribution in [2.75, 3.05) is 0 Å². The molecule has 0 aliphatic carbocycles. The fourth-order valence-electron chi connectivity index (χ4n) is 2.23. The standard InChI is InChI=1S/C17H9Cl2N3O5/c18-14-4-1-10(21(23)24)7-13(14)17-6-3-12(27-17)9-20-16-8-11(22(25)26)2-5-15(16)19/h1-9H. The van der Waals surface area contributed by atoms with Crippen molar-refractivity contribution in [3.05, 3.63) is 84.6 Å². The molecule has 0 aliphatic rings. The first-order valence-corrected chi connectivity index (χ1v) is 8.13. The number of benzene rings is 2. The van der Waals surface area contributed by atoms with Crippen molar-refractivity contribution < 1.29 is 14.3 Å². The normalized spacial score (nSPS) is 11.0. The van der Waals surface area contributed by atoms with E-state index < -0.39 is 9.85 Å². The number of furan rings is 1. The molecule has 0 saturated carbocycles. The third-order valence-corrected chi connectivity index (χ3v) is 4.17. The number of rotatable bonds is 5. The summed E-state index contributed by atoms with van der Waals surface area (Å²) in [5.74, 6) is 0.630. The smallest absolute Gasteiger partial charge is 0.271 e. The van der Waals surface area contributed by atoms with Gasteiger partial charge in [-0.15, -0.1) is 0 Å². The molecule has 0 unspecified atom stereocenters. The largest absolute Gasteiger partial charge is 0.455 e. The predicted molar refractivity (Wildman–Crippen MR) is 101 cm³/mol. The molecule has 136 valence electrons. The Morgan fingerprint density at radius 1 is 0.889 bits per heavy atom. The summed E-state index contributed by atoms with van der Waals surface area (Å²) in [5, 5.41) is 22.3. The Balaban J connectivity index is 1.90. The Bertz CT molecular complexity index is 1080. The van der Waals surface area contributed by atoms with Crippen LogP contribution in [0.5, 0.6) is 0 Å². The molecular weight excluding hydrogens is 397 g/mol. The monoisotopic (exact) mass is 405 g/mol. The van der Waals surface area contributed by atoms with Crippen LogP contribution >= 0.6 is 23.2 Å². The van der Waals surface area contributed by atoms with Crippen LogP contribution in [0.1, 0.15) is 5.76 Å². The molecule has 3 aromatic rings. The molecule has 0 radical (unpaired) electrons. The van der Waals surface area contributed by atoms with Crippen molar-refractivity contribution >= 4 is 46.5 Å². The highest BCUT2D eigenvalue weighted by Gasteiger charge is 2.14. The van der Waals surface area contributed by atoms with Crippen LogP contribution < -0.4 is 0 Å². The molecule has 27 heavy (non-hydrogen) atoms. The van der Waals surface area contributed by atoms with Crippen LogP contribution in [-0.4, -0.2) is 16.1 Å². The lowest BCUT2D eigenvalue weighted by atomic mass is 10.1. The third kappa shape index (κ3) is 4.13. The highest BCUT2D eigenvalue weighted by molar-refractivity contribution is 6.33. The van der Waals surface area contributed by atoms with Gasteiger partial charge in [-0.25, -0.2) is 0 Å². The summed E-state index contributed by atoms with van der Waals surface area (Å²) in [6, 6.07) is 11.1. The van der Waals surface area contributed by atoms with Crippen molar-refractivity contribution in [2.45, 2.75) is 0 Å². The van der Waals surface area contributed by atoms with E-state index in [1.807, 2.05) is 0 Å². The lowest BCUT2D eigenvalue weighted by Crippen LogP contribution is -1.88. The molecule has 0 spiro atoms. The van der Waals surface area contributed by atoms with Crippen molar-refractivity contribution in [2.24, 2.45) is 4.99 Å². The van der Waals surface area contributed by atoms with Gasteiger partial charge in [-0.2, -0.15) is 0 Å². The van der Waals surface area contributed by atoms with Crippen molar-refractivity contribution in [1.82, 2.24) is 0 Å². The summed E-state index contributed by atoms with van der Waals surface area (Å²) in [6.45, 7) is 0. The van der Waals surface area contributed by atoms with Gasteiger partial charge in [-0.05, 0) is 24.3 Å². The Kier molecular flexibility index (Phi) is 5.20. The van der Waals surface area contributed by atoms with Gasteiger partial charge in [-0.1, -0.05) is 23.2 Å². The summed E-state index contributed by atoms with van der Waals surface area (Å²) in [4.78, 5) is 24.8. The van der Waals surface area contributed by atoms with Gasteiger partial charge in [0.1, 0.15) is 11.5 Å². The average Bonchev–Trinajstić information content (AvgIpc) is 3.09. The van der Waals surface area contributed by atoms with Crippen molar-refractivity contribution in [1.29, 1.82) is 0 Å². The van der Waals surface area contributed by atoms with E-state index >= 15 is 0 Å². The maximum atomic E-state index is 10.9. The Labute approximate surface area is 162 Å². The van der Waals surface area contributed by atoms with Gasteiger partial charge in [0.25, 0.3) is 11.4 Å². The molecule has 1 aromatic heterocycles. The molecule has 0 aliphatic heterocycles. The zero-order valence-electron chi connectivity index (χ0n) is 13.3. The predicted octanol–water partition coefficient (Wildman–Crippen LogP) is 5.82. The highest BCUT2D eigenvalue weighted by atomic mass is 35.5. The second-order valence-corrected chi connectivity index (χ2v) is 6.09. The van der Waals surface area contributed by atoms with Crippen LogP contribution in [0.15, 0.2) is 57.9 Å². The first-order valence-electron chi connectivity index (χ1n) is 7.37.